The second-order valence-corrected chi connectivity index (χ2v) is 6.30. The normalized spacial score (nSPS) is 41.9. The number of hydrogen-bond donors (Lipinski definition) is 1. The average Bonchev–Trinajstić information content (AvgIpc) is 2.24. The van der Waals surface area contributed by atoms with E-state index in [1.54, 1.807) is 0 Å². The fourth-order valence-corrected chi connectivity index (χ4v) is 3.34. The molecule has 0 unspecified atom stereocenters. The van der Waals surface area contributed by atoms with Gasteiger partial charge in [-0.25, -0.2) is 0 Å². The predicted molar refractivity (Wildman–Crippen MR) is 68.1 cm³/mol. The lowest BCUT2D eigenvalue weighted by Gasteiger charge is -2.52. The molecule has 90 valence electrons. The van der Waals surface area contributed by atoms with Crippen LogP contribution in [-0.4, -0.2) is 11.2 Å². The van der Waals surface area contributed by atoms with Crippen LogP contribution in [0.15, 0.2) is 23.8 Å². The van der Waals surface area contributed by atoms with E-state index in [0.29, 0.717) is 11.3 Å². The minimum atomic E-state index is -0.252. The molecule has 0 aromatic carbocycles. The van der Waals surface area contributed by atoms with Gasteiger partial charge in [0.15, 0.2) is 0 Å². The zero-order chi connectivity index (χ0) is 11.9. The third-order valence-electron chi connectivity index (χ3n) is 4.72. The van der Waals surface area contributed by atoms with Crippen molar-refractivity contribution in [3.63, 3.8) is 0 Å². The van der Waals surface area contributed by atoms with Crippen LogP contribution in [0.5, 0.6) is 0 Å². The first kappa shape index (κ1) is 11.9. The van der Waals surface area contributed by atoms with Crippen molar-refractivity contribution in [2.45, 2.75) is 52.6 Å². The number of hydrogen-bond acceptors (Lipinski definition) is 1. The number of aliphatic hydroxyl groups excluding tert-OH is 1. The molecule has 2 aliphatic rings. The first-order chi connectivity index (χ1) is 7.42. The molecule has 16 heavy (non-hydrogen) atoms. The predicted octanol–water partition coefficient (Wildman–Crippen LogP) is 3.70. The molecule has 1 heteroatoms. The fraction of sp³-hybridized carbons (Fsp3) is 0.733. The van der Waals surface area contributed by atoms with E-state index in [9.17, 15) is 5.11 Å². The van der Waals surface area contributed by atoms with Crippen LogP contribution >= 0.6 is 0 Å². The molecular weight excluding hydrogens is 196 g/mol. The lowest BCUT2D eigenvalue weighted by atomic mass is 9.52. The summed E-state index contributed by atoms with van der Waals surface area (Å²) in [5, 5.41) is 9.94. The molecular formula is C15H24O. The van der Waals surface area contributed by atoms with Crippen molar-refractivity contribution in [2.24, 2.45) is 17.3 Å². The number of allylic oxidation sites excluding steroid dienone is 2. The van der Waals surface area contributed by atoms with Crippen molar-refractivity contribution in [2.75, 3.05) is 0 Å². The average molecular weight is 220 g/mol. The summed E-state index contributed by atoms with van der Waals surface area (Å²) in [6, 6.07) is 0. The van der Waals surface area contributed by atoms with Gasteiger partial charge in [0, 0.05) is 0 Å². The van der Waals surface area contributed by atoms with Gasteiger partial charge in [-0.1, -0.05) is 32.1 Å². The van der Waals surface area contributed by atoms with Gasteiger partial charge in [0.05, 0.1) is 6.10 Å². The molecule has 0 spiro atoms. The topological polar surface area (TPSA) is 20.2 Å². The molecule has 1 fully saturated rings. The maximum absolute atomic E-state index is 9.94. The van der Waals surface area contributed by atoms with Gasteiger partial charge in [-0.15, -0.1) is 0 Å². The van der Waals surface area contributed by atoms with E-state index in [0.717, 1.165) is 30.8 Å². The summed E-state index contributed by atoms with van der Waals surface area (Å²) in [7, 11) is 0. The second-order valence-electron chi connectivity index (χ2n) is 6.30. The molecule has 1 N–H and O–H groups in total. The first-order valence-corrected chi connectivity index (χ1v) is 6.44. The standard InChI is InChI=1S/C15H24O/c1-10-6-8-14(16)11(2)5-7-13-12(10)9-15(13,3)4/h5,12-14,16H,1,6-9H2,2-4H3/b11-5-/t12-,13-,14-/m1/s1. The summed E-state index contributed by atoms with van der Waals surface area (Å²) >= 11 is 0. The van der Waals surface area contributed by atoms with Crippen molar-refractivity contribution in [3.05, 3.63) is 23.8 Å². The molecule has 0 radical (unpaired) electrons. The molecule has 0 heterocycles. The quantitative estimate of drug-likeness (QED) is 0.617. The van der Waals surface area contributed by atoms with Gasteiger partial charge in [0.1, 0.15) is 0 Å². The van der Waals surface area contributed by atoms with Crippen LogP contribution in [0.1, 0.15) is 46.5 Å². The molecule has 0 aliphatic heterocycles. The molecule has 1 nitrogen and oxygen atoms in total. The van der Waals surface area contributed by atoms with Crippen LogP contribution in [0.2, 0.25) is 0 Å². The van der Waals surface area contributed by atoms with Crippen molar-refractivity contribution < 1.29 is 5.11 Å². The van der Waals surface area contributed by atoms with E-state index in [1.807, 2.05) is 0 Å². The van der Waals surface area contributed by atoms with E-state index in [2.05, 4.69) is 33.4 Å². The summed E-state index contributed by atoms with van der Waals surface area (Å²) in [6.07, 6.45) is 6.23. The Kier molecular flexibility index (Phi) is 3.00. The maximum atomic E-state index is 9.94. The van der Waals surface area contributed by atoms with Crippen LogP contribution in [0.25, 0.3) is 0 Å². The van der Waals surface area contributed by atoms with Gasteiger partial charge in [0.2, 0.25) is 0 Å². The Bertz CT molecular complexity index is 324. The third kappa shape index (κ3) is 1.98. The lowest BCUT2D eigenvalue weighted by molar-refractivity contribution is 0.0119. The number of rotatable bonds is 0. The minimum Gasteiger partial charge on any atom is -0.389 e. The van der Waals surface area contributed by atoms with Gasteiger partial charge in [-0.05, 0) is 55.4 Å². The van der Waals surface area contributed by atoms with Crippen LogP contribution in [-0.2, 0) is 0 Å². The Hall–Kier alpha value is -0.560. The van der Waals surface area contributed by atoms with Crippen LogP contribution in [0.3, 0.4) is 0 Å². The van der Waals surface area contributed by atoms with Crippen LogP contribution in [0, 0.1) is 17.3 Å². The molecule has 2 aliphatic carbocycles. The van der Waals surface area contributed by atoms with Crippen molar-refractivity contribution in [1.82, 2.24) is 0 Å². The molecule has 0 amide bonds. The van der Waals surface area contributed by atoms with Crippen LogP contribution in [0.4, 0.5) is 0 Å². The van der Waals surface area contributed by atoms with E-state index in [1.165, 1.54) is 12.0 Å². The van der Waals surface area contributed by atoms with E-state index in [-0.39, 0.29) is 6.10 Å². The number of aliphatic hydroxyl groups is 1. The van der Waals surface area contributed by atoms with Crippen molar-refractivity contribution in [1.29, 1.82) is 0 Å². The zero-order valence-electron chi connectivity index (χ0n) is 10.8. The molecule has 0 aromatic heterocycles. The lowest BCUT2D eigenvalue weighted by Crippen LogP contribution is -2.44. The van der Waals surface area contributed by atoms with Crippen molar-refractivity contribution in [3.8, 4) is 0 Å². The fourth-order valence-electron chi connectivity index (χ4n) is 3.34. The summed E-state index contributed by atoms with van der Waals surface area (Å²) in [5.74, 6) is 1.43. The van der Waals surface area contributed by atoms with Gasteiger partial charge >= 0.3 is 0 Å². The molecule has 2 rings (SSSR count). The summed E-state index contributed by atoms with van der Waals surface area (Å²) in [6.45, 7) is 11.0. The SMILES string of the molecule is C=C1CC[C@@H](O)/C(C)=C\C[C@@H]2[C@@H]1CC2(C)C. The highest BCUT2D eigenvalue weighted by molar-refractivity contribution is 5.18. The van der Waals surface area contributed by atoms with E-state index >= 15 is 0 Å². The third-order valence-corrected chi connectivity index (χ3v) is 4.72. The molecule has 0 aromatic rings. The Balaban J connectivity index is 2.18. The molecule has 1 saturated carbocycles. The monoisotopic (exact) mass is 220 g/mol. The van der Waals surface area contributed by atoms with Gasteiger partial charge in [-0.3, -0.25) is 0 Å². The Morgan fingerprint density at radius 1 is 1.44 bits per heavy atom. The maximum Gasteiger partial charge on any atom is 0.0750 e. The smallest absolute Gasteiger partial charge is 0.0750 e. The first-order valence-electron chi connectivity index (χ1n) is 6.44. The van der Waals surface area contributed by atoms with Crippen molar-refractivity contribution >= 4 is 0 Å². The highest BCUT2D eigenvalue weighted by atomic mass is 16.3. The summed E-state index contributed by atoms with van der Waals surface area (Å²) < 4.78 is 0. The number of fused-ring (bicyclic) bond motifs is 1. The summed E-state index contributed by atoms with van der Waals surface area (Å²) in [5.41, 5.74) is 2.97. The minimum absolute atomic E-state index is 0.252. The zero-order valence-corrected chi connectivity index (χ0v) is 10.8. The Morgan fingerprint density at radius 2 is 2.12 bits per heavy atom. The van der Waals surface area contributed by atoms with Gasteiger partial charge < -0.3 is 5.11 Å². The van der Waals surface area contributed by atoms with E-state index < -0.39 is 0 Å². The van der Waals surface area contributed by atoms with Gasteiger partial charge in [-0.2, -0.15) is 0 Å². The largest absolute Gasteiger partial charge is 0.389 e. The summed E-state index contributed by atoms with van der Waals surface area (Å²) in [4.78, 5) is 0. The molecule has 0 saturated heterocycles. The highest BCUT2D eigenvalue weighted by Crippen LogP contribution is 2.56. The second kappa shape index (κ2) is 4.03. The Labute approximate surface area is 99.3 Å². The molecule has 0 bridgehead atoms. The van der Waals surface area contributed by atoms with E-state index in [4.69, 9.17) is 0 Å². The highest BCUT2D eigenvalue weighted by Gasteiger charge is 2.47. The van der Waals surface area contributed by atoms with Crippen LogP contribution < -0.4 is 0 Å². The molecule has 3 atom stereocenters. The Morgan fingerprint density at radius 3 is 2.75 bits per heavy atom. The van der Waals surface area contributed by atoms with Gasteiger partial charge in [0.25, 0.3) is 0 Å².